The molecular formula is C15H13N3O. The van der Waals surface area contributed by atoms with Crippen LogP contribution >= 0.6 is 0 Å². The van der Waals surface area contributed by atoms with Crippen LogP contribution in [0.1, 0.15) is 13.3 Å². The first kappa shape index (κ1) is 11.6. The SMILES string of the molecule is CCC(=O)Nc1ccc2nc3ccccc3nc2c1. The van der Waals surface area contributed by atoms with Crippen molar-refractivity contribution in [2.75, 3.05) is 5.32 Å². The molecule has 0 unspecified atom stereocenters. The highest BCUT2D eigenvalue weighted by Gasteiger charge is 2.04. The van der Waals surface area contributed by atoms with Gasteiger partial charge in [0.1, 0.15) is 0 Å². The van der Waals surface area contributed by atoms with Gasteiger partial charge in [-0.3, -0.25) is 4.79 Å². The normalized spacial score (nSPS) is 10.8. The van der Waals surface area contributed by atoms with Gasteiger partial charge < -0.3 is 5.32 Å². The van der Waals surface area contributed by atoms with Gasteiger partial charge in [-0.1, -0.05) is 19.1 Å². The monoisotopic (exact) mass is 251 g/mol. The quantitative estimate of drug-likeness (QED) is 0.712. The number of hydrogen-bond acceptors (Lipinski definition) is 3. The van der Waals surface area contributed by atoms with Gasteiger partial charge in [0.25, 0.3) is 0 Å². The molecule has 3 rings (SSSR count). The summed E-state index contributed by atoms with van der Waals surface area (Å²) in [5.41, 5.74) is 4.10. The van der Waals surface area contributed by atoms with E-state index in [1.807, 2.05) is 49.4 Å². The first-order valence-corrected chi connectivity index (χ1v) is 6.22. The number of carbonyl (C=O) groups is 1. The van der Waals surface area contributed by atoms with Gasteiger partial charge in [0.05, 0.1) is 22.1 Å². The van der Waals surface area contributed by atoms with Gasteiger partial charge >= 0.3 is 0 Å². The van der Waals surface area contributed by atoms with Gasteiger partial charge in [0.2, 0.25) is 5.91 Å². The van der Waals surface area contributed by atoms with Crippen LogP contribution in [-0.2, 0) is 4.79 Å². The molecule has 4 nitrogen and oxygen atoms in total. The molecule has 1 aromatic heterocycles. The van der Waals surface area contributed by atoms with Gasteiger partial charge in [-0.25, -0.2) is 9.97 Å². The fourth-order valence-corrected chi connectivity index (χ4v) is 1.95. The van der Waals surface area contributed by atoms with Crippen molar-refractivity contribution in [2.24, 2.45) is 0 Å². The standard InChI is InChI=1S/C15H13N3O/c1-2-15(19)16-10-7-8-13-14(9-10)18-12-6-4-3-5-11(12)17-13/h3-9H,2H2,1H3,(H,16,19). The molecule has 0 saturated heterocycles. The van der Waals surface area contributed by atoms with Gasteiger partial charge in [0, 0.05) is 12.1 Å². The number of nitrogens with one attached hydrogen (secondary N) is 1. The smallest absolute Gasteiger partial charge is 0.224 e. The fourth-order valence-electron chi connectivity index (χ4n) is 1.95. The molecule has 0 aliphatic carbocycles. The Bertz CT molecular complexity index is 768. The van der Waals surface area contributed by atoms with E-state index in [9.17, 15) is 4.79 Å². The molecule has 0 bridgehead atoms. The van der Waals surface area contributed by atoms with E-state index in [1.165, 1.54) is 0 Å². The Hall–Kier alpha value is -2.49. The lowest BCUT2D eigenvalue weighted by Gasteiger charge is -2.05. The van der Waals surface area contributed by atoms with Crippen LogP contribution in [0.3, 0.4) is 0 Å². The Balaban J connectivity index is 2.11. The highest BCUT2D eigenvalue weighted by atomic mass is 16.1. The number of aromatic nitrogens is 2. The number of anilines is 1. The first-order chi connectivity index (χ1) is 9.26. The van der Waals surface area contributed by atoms with Crippen molar-refractivity contribution >= 4 is 33.7 Å². The topological polar surface area (TPSA) is 54.9 Å². The Morgan fingerprint density at radius 3 is 2.32 bits per heavy atom. The van der Waals surface area contributed by atoms with Gasteiger partial charge in [0.15, 0.2) is 0 Å². The van der Waals surface area contributed by atoms with E-state index in [0.29, 0.717) is 6.42 Å². The van der Waals surface area contributed by atoms with E-state index in [0.717, 1.165) is 27.8 Å². The maximum absolute atomic E-state index is 11.4. The lowest BCUT2D eigenvalue weighted by molar-refractivity contribution is -0.115. The predicted octanol–water partition coefficient (Wildman–Crippen LogP) is 3.13. The van der Waals surface area contributed by atoms with E-state index in [-0.39, 0.29) is 5.91 Å². The first-order valence-electron chi connectivity index (χ1n) is 6.22. The Labute approximate surface area is 110 Å². The summed E-state index contributed by atoms with van der Waals surface area (Å²) < 4.78 is 0. The Morgan fingerprint density at radius 2 is 1.63 bits per heavy atom. The molecule has 0 aliphatic rings. The van der Waals surface area contributed by atoms with E-state index < -0.39 is 0 Å². The van der Waals surface area contributed by atoms with Gasteiger partial charge in [-0.15, -0.1) is 0 Å². The second kappa shape index (κ2) is 4.65. The lowest BCUT2D eigenvalue weighted by atomic mass is 10.2. The molecular weight excluding hydrogens is 238 g/mol. The zero-order valence-electron chi connectivity index (χ0n) is 10.6. The molecule has 0 spiro atoms. The van der Waals surface area contributed by atoms with Crippen LogP contribution in [0.2, 0.25) is 0 Å². The third kappa shape index (κ3) is 2.25. The second-order valence-electron chi connectivity index (χ2n) is 4.32. The Kier molecular flexibility index (Phi) is 2.83. The summed E-state index contributed by atoms with van der Waals surface area (Å²) in [6.45, 7) is 1.82. The van der Waals surface area contributed by atoms with E-state index >= 15 is 0 Å². The molecule has 0 fully saturated rings. The van der Waals surface area contributed by atoms with Gasteiger partial charge in [-0.05, 0) is 30.3 Å². The number of amides is 1. The average Bonchev–Trinajstić information content (AvgIpc) is 2.45. The summed E-state index contributed by atoms with van der Waals surface area (Å²) >= 11 is 0. The summed E-state index contributed by atoms with van der Waals surface area (Å²) in [5.74, 6) is -0.00639. The molecule has 0 atom stereocenters. The molecule has 1 N–H and O–H groups in total. The summed E-state index contributed by atoms with van der Waals surface area (Å²) in [7, 11) is 0. The fraction of sp³-hybridized carbons (Fsp3) is 0.133. The van der Waals surface area contributed by atoms with E-state index in [2.05, 4.69) is 15.3 Å². The molecule has 0 aliphatic heterocycles. The van der Waals surface area contributed by atoms with Crippen molar-refractivity contribution in [3.63, 3.8) is 0 Å². The lowest BCUT2D eigenvalue weighted by Crippen LogP contribution is -2.09. The number of carbonyl (C=O) groups excluding carboxylic acids is 1. The summed E-state index contributed by atoms with van der Waals surface area (Å²) in [6.07, 6.45) is 0.460. The van der Waals surface area contributed by atoms with E-state index in [1.54, 1.807) is 0 Å². The third-order valence-electron chi connectivity index (χ3n) is 2.94. The van der Waals surface area contributed by atoms with Crippen molar-refractivity contribution in [3.05, 3.63) is 42.5 Å². The van der Waals surface area contributed by atoms with Crippen LogP contribution < -0.4 is 5.32 Å². The summed E-state index contributed by atoms with van der Waals surface area (Å²) in [4.78, 5) is 20.5. The van der Waals surface area contributed by atoms with Crippen molar-refractivity contribution in [1.29, 1.82) is 0 Å². The van der Waals surface area contributed by atoms with Crippen LogP contribution in [0.4, 0.5) is 5.69 Å². The molecule has 1 amide bonds. The number of nitrogens with zero attached hydrogens (tertiary/aromatic N) is 2. The molecule has 0 radical (unpaired) electrons. The van der Waals surface area contributed by atoms with Crippen molar-refractivity contribution in [1.82, 2.24) is 9.97 Å². The number of fused-ring (bicyclic) bond motifs is 2. The van der Waals surface area contributed by atoms with Crippen LogP contribution in [0.25, 0.3) is 22.1 Å². The Morgan fingerprint density at radius 1 is 1.00 bits per heavy atom. The average molecular weight is 251 g/mol. The molecule has 1 heterocycles. The zero-order valence-corrected chi connectivity index (χ0v) is 10.6. The minimum Gasteiger partial charge on any atom is -0.326 e. The zero-order chi connectivity index (χ0) is 13.2. The molecule has 94 valence electrons. The minimum atomic E-state index is -0.00639. The summed E-state index contributed by atoms with van der Waals surface area (Å²) in [6, 6.07) is 13.3. The van der Waals surface area contributed by atoms with Crippen molar-refractivity contribution in [3.8, 4) is 0 Å². The highest BCUT2D eigenvalue weighted by Crippen LogP contribution is 2.19. The largest absolute Gasteiger partial charge is 0.326 e. The number of benzene rings is 2. The maximum atomic E-state index is 11.4. The van der Waals surface area contributed by atoms with Gasteiger partial charge in [-0.2, -0.15) is 0 Å². The minimum absolute atomic E-state index is 0.00639. The molecule has 0 saturated carbocycles. The van der Waals surface area contributed by atoms with Crippen LogP contribution in [-0.4, -0.2) is 15.9 Å². The number of para-hydroxylation sites is 2. The second-order valence-corrected chi connectivity index (χ2v) is 4.32. The molecule has 19 heavy (non-hydrogen) atoms. The number of rotatable bonds is 2. The highest BCUT2D eigenvalue weighted by molar-refractivity contribution is 5.94. The molecule has 3 aromatic rings. The predicted molar refractivity (Wildman–Crippen MR) is 76.0 cm³/mol. The van der Waals surface area contributed by atoms with Crippen molar-refractivity contribution in [2.45, 2.75) is 13.3 Å². The van der Waals surface area contributed by atoms with Crippen LogP contribution in [0.15, 0.2) is 42.5 Å². The van der Waals surface area contributed by atoms with Crippen LogP contribution in [0.5, 0.6) is 0 Å². The van der Waals surface area contributed by atoms with Crippen LogP contribution in [0, 0.1) is 0 Å². The maximum Gasteiger partial charge on any atom is 0.224 e. The molecule has 4 heteroatoms. The van der Waals surface area contributed by atoms with Crippen molar-refractivity contribution < 1.29 is 4.79 Å². The number of hydrogen-bond donors (Lipinski definition) is 1. The molecule has 2 aromatic carbocycles. The van der Waals surface area contributed by atoms with E-state index in [4.69, 9.17) is 0 Å². The summed E-state index contributed by atoms with van der Waals surface area (Å²) in [5, 5.41) is 2.83. The third-order valence-corrected chi connectivity index (χ3v) is 2.94.